The van der Waals surface area contributed by atoms with E-state index in [0.29, 0.717) is 16.6 Å². The summed E-state index contributed by atoms with van der Waals surface area (Å²) in [5.41, 5.74) is 0.958. The summed E-state index contributed by atoms with van der Waals surface area (Å²) in [5, 5.41) is 12.1. The predicted molar refractivity (Wildman–Crippen MR) is 96.1 cm³/mol. The first-order valence-corrected chi connectivity index (χ1v) is 8.89. The molecular formula is C15H15N5O2S2. The molecule has 0 saturated heterocycles. The van der Waals surface area contributed by atoms with Gasteiger partial charge in [-0.25, -0.2) is 4.79 Å². The summed E-state index contributed by atoms with van der Waals surface area (Å²) in [6.45, 7) is 0. The Labute approximate surface area is 146 Å². The lowest BCUT2D eigenvalue weighted by Gasteiger charge is -2.07. The number of hydrogen-bond donors (Lipinski definition) is 1. The van der Waals surface area contributed by atoms with Gasteiger partial charge in [-0.2, -0.15) is 0 Å². The Balaban J connectivity index is 1.70. The number of thioether (sulfide) groups is 1. The van der Waals surface area contributed by atoms with Gasteiger partial charge in [0.1, 0.15) is 0 Å². The molecule has 0 radical (unpaired) electrons. The average molecular weight is 361 g/mol. The van der Waals surface area contributed by atoms with Crippen molar-refractivity contribution in [2.45, 2.75) is 10.1 Å². The highest BCUT2D eigenvalue weighted by Crippen LogP contribution is 2.29. The predicted octanol–water partition coefficient (Wildman–Crippen LogP) is 1.97. The number of anilines is 2. The summed E-state index contributed by atoms with van der Waals surface area (Å²) in [7, 11) is 3.12. The van der Waals surface area contributed by atoms with Crippen molar-refractivity contribution in [1.29, 1.82) is 0 Å². The van der Waals surface area contributed by atoms with E-state index in [4.69, 9.17) is 0 Å². The van der Waals surface area contributed by atoms with Gasteiger partial charge in [0, 0.05) is 37.3 Å². The Morgan fingerprint density at radius 2 is 1.88 bits per heavy atom. The molecule has 0 bridgehead atoms. The molecule has 2 aromatic heterocycles. The molecular weight excluding hydrogens is 346 g/mol. The molecule has 9 heteroatoms. The SMILES string of the molecule is Cn1c(CSc2nnc(Nc3ccccc3)s2)cc(=O)n(C)c1=O. The van der Waals surface area contributed by atoms with Crippen LogP contribution in [0, 0.1) is 0 Å². The standard InChI is InChI=1S/C15H15N5O2S2/c1-19-11(8-12(21)20(2)15(19)22)9-23-14-18-17-13(24-14)16-10-6-4-3-5-7-10/h3-8H,9H2,1-2H3,(H,16,17). The zero-order valence-electron chi connectivity index (χ0n) is 13.1. The van der Waals surface area contributed by atoms with Crippen molar-refractivity contribution in [3.05, 3.63) is 62.9 Å². The minimum absolute atomic E-state index is 0.308. The smallest absolute Gasteiger partial charge is 0.330 e. The third kappa shape index (κ3) is 3.57. The van der Waals surface area contributed by atoms with Crippen LogP contribution in [-0.4, -0.2) is 19.3 Å². The number of nitrogens with zero attached hydrogens (tertiary/aromatic N) is 4. The molecule has 124 valence electrons. The molecule has 2 heterocycles. The Kier molecular flexibility index (Phi) is 4.81. The molecule has 0 aliphatic rings. The van der Waals surface area contributed by atoms with E-state index in [2.05, 4.69) is 15.5 Å². The molecule has 0 amide bonds. The van der Waals surface area contributed by atoms with Crippen LogP contribution in [0.15, 0.2) is 50.3 Å². The van der Waals surface area contributed by atoms with Crippen LogP contribution in [-0.2, 0) is 19.8 Å². The number of para-hydroxylation sites is 1. The highest BCUT2D eigenvalue weighted by molar-refractivity contribution is 8.00. The number of rotatable bonds is 5. The Hall–Kier alpha value is -2.39. The maximum Gasteiger partial charge on any atom is 0.330 e. The van der Waals surface area contributed by atoms with Crippen molar-refractivity contribution < 1.29 is 0 Å². The van der Waals surface area contributed by atoms with E-state index in [9.17, 15) is 9.59 Å². The lowest BCUT2D eigenvalue weighted by molar-refractivity contribution is 0.665. The minimum Gasteiger partial charge on any atom is -0.330 e. The van der Waals surface area contributed by atoms with E-state index in [1.807, 2.05) is 30.3 Å². The van der Waals surface area contributed by atoms with E-state index >= 15 is 0 Å². The summed E-state index contributed by atoms with van der Waals surface area (Å²) in [5.74, 6) is 0.474. The van der Waals surface area contributed by atoms with Gasteiger partial charge in [-0.1, -0.05) is 41.3 Å². The van der Waals surface area contributed by atoms with Crippen LogP contribution in [0.3, 0.4) is 0 Å². The Bertz CT molecular complexity index is 962. The highest BCUT2D eigenvalue weighted by Gasteiger charge is 2.09. The van der Waals surface area contributed by atoms with Crippen LogP contribution < -0.4 is 16.6 Å². The summed E-state index contributed by atoms with van der Waals surface area (Å²) in [6, 6.07) is 11.2. The van der Waals surface area contributed by atoms with Crippen LogP contribution in [0.2, 0.25) is 0 Å². The number of nitrogens with one attached hydrogen (secondary N) is 1. The van der Waals surface area contributed by atoms with Gasteiger partial charge in [-0.3, -0.25) is 13.9 Å². The van der Waals surface area contributed by atoms with Crippen LogP contribution in [0.1, 0.15) is 5.69 Å². The van der Waals surface area contributed by atoms with Crippen molar-refractivity contribution in [2.75, 3.05) is 5.32 Å². The molecule has 1 aromatic carbocycles. The van der Waals surface area contributed by atoms with Gasteiger partial charge in [-0.15, -0.1) is 10.2 Å². The third-order valence-electron chi connectivity index (χ3n) is 3.40. The van der Waals surface area contributed by atoms with Crippen molar-refractivity contribution in [3.63, 3.8) is 0 Å². The second kappa shape index (κ2) is 7.02. The molecule has 0 saturated carbocycles. The largest absolute Gasteiger partial charge is 0.330 e. The highest BCUT2D eigenvalue weighted by atomic mass is 32.2. The second-order valence-corrected chi connectivity index (χ2v) is 7.23. The first-order valence-electron chi connectivity index (χ1n) is 7.09. The van der Waals surface area contributed by atoms with Crippen LogP contribution in [0.4, 0.5) is 10.8 Å². The molecule has 0 unspecified atom stereocenters. The number of hydrogen-bond acceptors (Lipinski definition) is 7. The first-order chi connectivity index (χ1) is 11.5. The van der Waals surface area contributed by atoms with Crippen LogP contribution in [0.5, 0.6) is 0 Å². The molecule has 7 nitrogen and oxygen atoms in total. The maximum absolute atomic E-state index is 11.9. The van der Waals surface area contributed by atoms with Crippen molar-refractivity contribution in [2.24, 2.45) is 14.1 Å². The molecule has 0 fully saturated rings. The molecule has 0 aliphatic carbocycles. The summed E-state index contributed by atoms with van der Waals surface area (Å²) >= 11 is 2.86. The zero-order chi connectivity index (χ0) is 17.1. The van der Waals surface area contributed by atoms with E-state index in [1.165, 1.54) is 40.8 Å². The van der Waals surface area contributed by atoms with Crippen molar-refractivity contribution >= 4 is 33.9 Å². The normalized spacial score (nSPS) is 10.8. The van der Waals surface area contributed by atoms with Gasteiger partial charge in [0.15, 0.2) is 4.34 Å². The molecule has 1 N–H and O–H groups in total. The fraction of sp³-hybridized carbons (Fsp3) is 0.200. The molecule has 3 rings (SSSR count). The van der Waals surface area contributed by atoms with E-state index in [-0.39, 0.29) is 11.2 Å². The fourth-order valence-corrected chi connectivity index (χ4v) is 3.81. The monoisotopic (exact) mass is 361 g/mol. The van der Waals surface area contributed by atoms with Gasteiger partial charge in [-0.05, 0) is 12.1 Å². The number of benzene rings is 1. The van der Waals surface area contributed by atoms with Gasteiger partial charge in [0.05, 0.1) is 0 Å². The van der Waals surface area contributed by atoms with Gasteiger partial charge in [0.2, 0.25) is 5.13 Å². The molecule has 24 heavy (non-hydrogen) atoms. The molecule has 0 spiro atoms. The van der Waals surface area contributed by atoms with Crippen LogP contribution in [0.25, 0.3) is 0 Å². The molecule has 0 aliphatic heterocycles. The topological polar surface area (TPSA) is 81.8 Å². The third-order valence-corrected chi connectivity index (χ3v) is 5.41. The van der Waals surface area contributed by atoms with Crippen LogP contribution >= 0.6 is 23.1 Å². The first kappa shape index (κ1) is 16.5. The van der Waals surface area contributed by atoms with Crippen molar-refractivity contribution in [1.82, 2.24) is 19.3 Å². The lowest BCUT2D eigenvalue weighted by Crippen LogP contribution is -2.37. The van der Waals surface area contributed by atoms with Gasteiger partial charge < -0.3 is 5.32 Å². The second-order valence-electron chi connectivity index (χ2n) is 5.03. The van der Waals surface area contributed by atoms with Gasteiger partial charge in [0.25, 0.3) is 5.56 Å². The van der Waals surface area contributed by atoms with E-state index in [0.717, 1.165) is 14.6 Å². The van der Waals surface area contributed by atoms with E-state index in [1.54, 1.807) is 7.05 Å². The number of aromatic nitrogens is 4. The maximum atomic E-state index is 11.9. The molecule has 0 atom stereocenters. The van der Waals surface area contributed by atoms with Crippen molar-refractivity contribution in [3.8, 4) is 0 Å². The fourth-order valence-electron chi connectivity index (χ4n) is 2.02. The Morgan fingerprint density at radius 1 is 1.12 bits per heavy atom. The Morgan fingerprint density at radius 3 is 2.62 bits per heavy atom. The molecule has 3 aromatic rings. The zero-order valence-corrected chi connectivity index (χ0v) is 14.7. The quantitative estimate of drug-likeness (QED) is 0.700. The average Bonchev–Trinajstić information content (AvgIpc) is 3.03. The minimum atomic E-state index is -0.332. The summed E-state index contributed by atoms with van der Waals surface area (Å²) in [4.78, 5) is 23.6. The summed E-state index contributed by atoms with van der Waals surface area (Å²) in [6.07, 6.45) is 0. The van der Waals surface area contributed by atoms with Gasteiger partial charge >= 0.3 is 5.69 Å². The summed E-state index contributed by atoms with van der Waals surface area (Å²) < 4.78 is 3.32. The van der Waals surface area contributed by atoms with E-state index < -0.39 is 0 Å². The lowest BCUT2D eigenvalue weighted by atomic mass is 10.3.